The van der Waals surface area contributed by atoms with Crippen LogP contribution in [0.5, 0.6) is 0 Å². The van der Waals surface area contributed by atoms with Crippen molar-refractivity contribution in [1.29, 1.82) is 0 Å². The fraction of sp³-hybridized carbons (Fsp3) is 0.560. The van der Waals surface area contributed by atoms with E-state index in [1.54, 1.807) is 0 Å². The minimum absolute atomic E-state index is 0.212. The van der Waals surface area contributed by atoms with Crippen LogP contribution in [0, 0.1) is 5.92 Å². The van der Waals surface area contributed by atoms with Crippen LogP contribution in [0.2, 0.25) is 0 Å². The van der Waals surface area contributed by atoms with E-state index in [9.17, 15) is 4.79 Å². The van der Waals surface area contributed by atoms with Gasteiger partial charge in [-0.05, 0) is 57.4 Å². The molecule has 1 aromatic heterocycles. The zero-order valence-electron chi connectivity index (χ0n) is 19.7. The van der Waals surface area contributed by atoms with Gasteiger partial charge in [-0.3, -0.25) is 0 Å². The van der Waals surface area contributed by atoms with Gasteiger partial charge < -0.3 is 25.0 Å². The summed E-state index contributed by atoms with van der Waals surface area (Å²) in [5, 5.41) is 5.58. The van der Waals surface area contributed by atoms with Crippen LogP contribution in [0.1, 0.15) is 51.3 Å². The number of aromatic nitrogens is 2. The highest BCUT2D eigenvalue weighted by atomic mass is 16.5. The van der Waals surface area contributed by atoms with Crippen LogP contribution in [0.25, 0.3) is 11.4 Å². The lowest BCUT2D eigenvalue weighted by Gasteiger charge is -2.35. The second-order valence-electron chi connectivity index (χ2n) is 9.54. The van der Waals surface area contributed by atoms with Crippen LogP contribution in [0.4, 0.5) is 16.3 Å². The molecule has 1 aliphatic carbocycles. The van der Waals surface area contributed by atoms with E-state index in [1.807, 2.05) is 31.2 Å². The van der Waals surface area contributed by atoms with Crippen molar-refractivity contribution >= 4 is 17.5 Å². The van der Waals surface area contributed by atoms with Crippen LogP contribution < -0.4 is 15.5 Å². The van der Waals surface area contributed by atoms with E-state index < -0.39 is 0 Å². The third-order valence-corrected chi connectivity index (χ3v) is 6.77. The van der Waals surface area contributed by atoms with E-state index in [0.29, 0.717) is 32.2 Å². The first kappa shape index (κ1) is 22.1. The minimum Gasteiger partial charge on any atom is -0.377 e. The number of carbonyl (C=O) groups is 1. The van der Waals surface area contributed by atoms with Gasteiger partial charge in [0.1, 0.15) is 11.4 Å². The maximum absolute atomic E-state index is 11.8. The zero-order valence-corrected chi connectivity index (χ0v) is 19.7. The molecule has 176 valence electrons. The molecule has 2 unspecified atom stereocenters. The molecular weight excluding hydrogens is 418 g/mol. The third-order valence-electron chi connectivity index (χ3n) is 6.77. The molecule has 5 rings (SSSR count). The summed E-state index contributed by atoms with van der Waals surface area (Å²) in [6, 6.07) is 7.73. The summed E-state index contributed by atoms with van der Waals surface area (Å²) in [4.78, 5) is 24.3. The van der Waals surface area contributed by atoms with Gasteiger partial charge in [0, 0.05) is 29.9 Å². The van der Waals surface area contributed by atoms with Crippen molar-refractivity contribution in [3.8, 4) is 11.4 Å². The molecule has 2 atom stereocenters. The summed E-state index contributed by atoms with van der Waals surface area (Å²) < 4.78 is 12.1. The molecular formula is C25H33N5O3. The number of fused-ring (bicyclic) bond motifs is 1. The normalized spacial score (nSPS) is 24.5. The molecule has 2 amide bonds. The highest BCUT2D eigenvalue weighted by Crippen LogP contribution is 2.48. The van der Waals surface area contributed by atoms with Gasteiger partial charge in [-0.15, -0.1) is 0 Å². The molecule has 1 saturated heterocycles. The van der Waals surface area contributed by atoms with Crippen LogP contribution >= 0.6 is 0 Å². The summed E-state index contributed by atoms with van der Waals surface area (Å²) in [6.45, 7) is 9.56. The number of nitrogens with one attached hydrogen (secondary N) is 2. The molecule has 3 heterocycles. The summed E-state index contributed by atoms with van der Waals surface area (Å²) in [5.74, 6) is 2.39. The lowest BCUT2D eigenvalue weighted by molar-refractivity contribution is -0.0356. The largest absolute Gasteiger partial charge is 0.377 e. The van der Waals surface area contributed by atoms with Crippen molar-refractivity contribution < 1.29 is 14.3 Å². The van der Waals surface area contributed by atoms with Crippen molar-refractivity contribution in [2.75, 3.05) is 36.5 Å². The van der Waals surface area contributed by atoms with Crippen LogP contribution in [0.15, 0.2) is 24.3 Å². The van der Waals surface area contributed by atoms with Gasteiger partial charge in [-0.25, -0.2) is 14.8 Å². The Morgan fingerprint density at radius 1 is 1.24 bits per heavy atom. The molecule has 2 aromatic rings. The molecule has 2 aliphatic heterocycles. The zero-order chi connectivity index (χ0) is 23.0. The predicted octanol–water partition coefficient (Wildman–Crippen LogP) is 4.06. The Bertz CT molecular complexity index is 1020. The monoisotopic (exact) mass is 451 g/mol. The minimum atomic E-state index is -0.377. The second-order valence-corrected chi connectivity index (χ2v) is 9.54. The number of amides is 2. The number of morpholine rings is 1. The molecule has 0 spiro atoms. The third kappa shape index (κ3) is 4.54. The van der Waals surface area contributed by atoms with Gasteiger partial charge in [0.2, 0.25) is 0 Å². The smallest absolute Gasteiger partial charge is 0.319 e. The Kier molecular flexibility index (Phi) is 5.97. The topological polar surface area (TPSA) is 88.6 Å². The fourth-order valence-corrected chi connectivity index (χ4v) is 4.82. The predicted molar refractivity (Wildman–Crippen MR) is 127 cm³/mol. The number of rotatable bonds is 6. The van der Waals surface area contributed by atoms with Gasteiger partial charge >= 0.3 is 6.03 Å². The van der Waals surface area contributed by atoms with Crippen LogP contribution in [0.3, 0.4) is 0 Å². The van der Waals surface area contributed by atoms with Crippen molar-refractivity contribution in [2.45, 2.75) is 58.3 Å². The first-order chi connectivity index (χ1) is 16.0. The number of hydrogen-bond donors (Lipinski definition) is 2. The Morgan fingerprint density at radius 2 is 2.03 bits per heavy atom. The molecule has 1 aromatic carbocycles. The van der Waals surface area contributed by atoms with E-state index >= 15 is 0 Å². The van der Waals surface area contributed by atoms with E-state index in [-0.39, 0.29) is 17.7 Å². The molecule has 1 saturated carbocycles. The highest BCUT2D eigenvalue weighted by Gasteiger charge is 2.44. The van der Waals surface area contributed by atoms with E-state index in [1.165, 1.54) is 12.8 Å². The summed E-state index contributed by atoms with van der Waals surface area (Å²) in [5.41, 5.74) is 3.41. The number of hydrogen-bond acceptors (Lipinski definition) is 6. The summed E-state index contributed by atoms with van der Waals surface area (Å²) >= 11 is 0. The Morgan fingerprint density at radius 3 is 2.73 bits per heavy atom. The number of nitrogens with zero attached hydrogens (tertiary/aromatic N) is 3. The van der Waals surface area contributed by atoms with Crippen LogP contribution in [-0.4, -0.2) is 48.3 Å². The maximum Gasteiger partial charge on any atom is 0.319 e. The van der Waals surface area contributed by atoms with Gasteiger partial charge in [0.15, 0.2) is 5.82 Å². The average Bonchev–Trinajstić information content (AvgIpc) is 3.55. The molecule has 8 nitrogen and oxygen atoms in total. The van der Waals surface area contributed by atoms with Gasteiger partial charge in [0.05, 0.1) is 31.6 Å². The van der Waals surface area contributed by atoms with Crippen LogP contribution in [-0.2, 0) is 21.7 Å². The number of carbonyl (C=O) groups excluding carboxylic acids is 1. The Hall–Kier alpha value is -2.71. The van der Waals surface area contributed by atoms with Gasteiger partial charge in [-0.1, -0.05) is 12.8 Å². The van der Waals surface area contributed by atoms with Crippen molar-refractivity contribution in [3.05, 3.63) is 35.5 Å². The summed E-state index contributed by atoms with van der Waals surface area (Å²) in [6.07, 6.45) is 3.56. The van der Waals surface area contributed by atoms with E-state index in [2.05, 4.69) is 29.4 Å². The maximum atomic E-state index is 11.8. The molecule has 3 aliphatic rings. The molecule has 8 heteroatoms. The average molecular weight is 452 g/mol. The number of ether oxygens (including phenoxy) is 2. The molecule has 2 N–H and O–H groups in total. The van der Waals surface area contributed by atoms with E-state index in [4.69, 9.17) is 19.4 Å². The summed E-state index contributed by atoms with van der Waals surface area (Å²) in [7, 11) is 0. The number of anilines is 2. The lowest BCUT2D eigenvalue weighted by Crippen LogP contribution is -2.44. The standard InChI is InChI=1S/C25H33N5O3/c1-4-26-24(31)27-19-9-7-18(8-10-19)22-28-21-20(15-33-25(21,3)13-17-5-6-17)23(29-22)30-11-12-32-14-16(30)2/h7-10,16-17H,4-6,11-15H2,1-3H3,(H2,26,27,31). The number of urea groups is 1. The molecule has 0 radical (unpaired) electrons. The van der Waals surface area contributed by atoms with Gasteiger partial charge in [-0.2, -0.15) is 0 Å². The molecule has 33 heavy (non-hydrogen) atoms. The van der Waals surface area contributed by atoms with E-state index in [0.717, 1.165) is 47.2 Å². The first-order valence-electron chi connectivity index (χ1n) is 12.0. The second kappa shape index (κ2) is 8.91. The molecule has 0 bridgehead atoms. The highest BCUT2D eigenvalue weighted by molar-refractivity contribution is 5.89. The SMILES string of the molecule is CCNC(=O)Nc1ccc(-c2nc(N3CCOCC3C)c3c(n2)C(C)(CC2CC2)OC3)cc1. The first-order valence-corrected chi connectivity index (χ1v) is 12.0. The number of benzene rings is 1. The fourth-order valence-electron chi connectivity index (χ4n) is 4.82. The van der Waals surface area contributed by atoms with Crippen molar-refractivity contribution in [1.82, 2.24) is 15.3 Å². The Balaban J connectivity index is 1.51. The molecule has 2 fully saturated rings. The van der Waals surface area contributed by atoms with Crippen molar-refractivity contribution in [3.63, 3.8) is 0 Å². The van der Waals surface area contributed by atoms with Gasteiger partial charge in [0.25, 0.3) is 0 Å². The van der Waals surface area contributed by atoms with Crippen molar-refractivity contribution in [2.24, 2.45) is 5.92 Å². The Labute approximate surface area is 195 Å². The quantitative estimate of drug-likeness (QED) is 0.689. The lowest BCUT2D eigenvalue weighted by atomic mass is 9.93.